The SMILES string of the molecule is NCC(=O)NCC(=O)N[C@@H]1CCCC[C@H]1O. The van der Waals surface area contributed by atoms with Crippen LogP contribution in [0.15, 0.2) is 0 Å². The van der Waals surface area contributed by atoms with Gasteiger partial charge < -0.3 is 21.5 Å². The van der Waals surface area contributed by atoms with Crippen LogP contribution in [0.5, 0.6) is 0 Å². The van der Waals surface area contributed by atoms with E-state index in [4.69, 9.17) is 5.73 Å². The first kappa shape index (κ1) is 12.9. The summed E-state index contributed by atoms with van der Waals surface area (Å²) in [5.74, 6) is -0.646. The predicted octanol–water partition coefficient (Wildman–Crippen LogP) is -1.52. The number of hydrogen-bond donors (Lipinski definition) is 4. The van der Waals surface area contributed by atoms with Crippen molar-refractivity contribution in [1.82, 2.24) is 10.6 Å². The molecule has 6 nitrogen and oxygen atoms in total. The van der Waals surface area contributed by atoms with Crippen molar-refractivity contribution in [3.63, 3.8) is 0 Å². The van der Waals surface area contributed by atoms with E-state index in [-0.39, 0.29) is 30.9 Å². The zero-order valence-corrected chi connectivity index (χ0v) is 9.24. The van der Waals surface area contributed by atoms with E-state index in [9.17, 15) is 14.7 Å². The number of hydrogen-bond acceptors (Lipinski definition) is 4. The molecule has 6 heteroatoms. The molecular formula is C10H19N3O3. The van der Waals surface area contributed by atoms with E-state index < -0.39 is 6.10 Å². The molecule has 1 fully saturated rings. The molecule has 1 aliphatic carbocycles. The van der Waals surface area contributed by atoms with Crippen LogP contribution < -0.4 is 16.4 Å². The minimum Gasteiger partial charge on any atom is -0.391 e. The molecule has 2 atom stereocenters. The molecule has 16 heavy (non-hydrogen) atoms. The van der Waals surface area contributed by atoms with Gasteiger partial charge in [-0.1, -0.05) is 12.8 Å². The third kappa shape index (κ3) is 4.16. The number of aliphatic hydroxyl groups is 1. The van der Waals surface area contributed by atoms with Gasteiger partial charge in [0.1, 0.15) is 0 Å². The molecule has 0 aromatic heterocycles. The summed E-state index contributed by atoms with van der Waals surface area (Å²) in [6.07, 6.45) is 3.05. The molecular weight excluding hydrogens is 210 g/mol. The van der Waals surface area contributed by atoms with Crippen molar-refractivity contribution in [2.75, 3.05) is 13.1 Å². The summed E-state index contributed by atoms with van der Waals surface area (Å²) in [7, 11) is 0. The van der Waals surface area contributed by atoms with Crippen LogP contribution in [0.25, 0.3) is 0 Å². The highest BCUT2D eigenvalue weighted by Crippen LogP contribution is 2.17. The maximum Gasteiger partial charge on any atom is 0.239 e. The third-order valence-corrected chi connectivity index (χ3v) is 2.71. The van der Waals surface area contributed by atoms with Crippen LogP contribution in [0.3, 0.4) is 0 Å². The molecule has 0 aromatic rings. The maximum absolute atomic E-state index is 11.4. The van der Waals surface area contributed by atoms with Gasteiger partial charge >= 0.3 is 0 Å². The van der Waals surface area contributed by atoms with Crippen molar-refractivity contribution in [3.8, 4) is 0 Å². The normalized spacial score (nSPS) is 24.9. The van der Waals surface area contributed by atoms with Crippen molar-refractivity contribution in [2.24, 2.45) is 5.73 Å². The second-order valence-electron chi connectivity index (χ2n) is 4.01. The minimum absolute atomic E-state index is 0.0841. The Hall–Kier alpha value is -1.14. The van der Waals surface area contributed by atoms with E-state index in [1.165, 1.54) is 0 Å². The van der Waals surface area contributed by atoms with Crippen molar-refractivity contribution >= 4 is 11.8 Å². The lowest BCUT2D eigenvalue weighted by molar-refractivity contribution is -0.126. The number of nitrogens with one attached hydrogen (secondary N) is 2. The summed E-state index contributed by atoms with van der Waals surface area (Å²) >= 11 is 0. The van der Waals surface area contributed by atoms with E-state index in [0.29, 0.717) is 0 Å². The van der Waals surface area contributed by atoms with Crippen molar-refractivity contribution < 1.29 is 14.7 Å². The molecule has 0 radical (unpaired) electrons. The fourth-order valence-corrected chi connectivity index (χ4v) is 1.79. The largest absolute Gasteiger partial charge is 0.391 e. The molecule has 0 heterocycles. The van der Waals surface area contributed by atoms with Gasteiger partial charge in [0.25, 0.3) is 0 Å². The molecule has 1 rings (SSSR count). The van der Waals surface area contributed by atoms with Crippen LogP contribution in [0, 0.1) is 0 Å². The van der Waals surface area contributed by atoms with Crippen LogP contribution in [0.2, 0.25) is 0 Å². The van der Waals surface area contributed by atoms with Gasteiger partial charge in [0.05, 0.1) is 25.2 Å². The molecule has 0 unspecified atom stereocenters. The Morgan fingerprint density at radius 1 is 1.25 bits per heavy atom. The minimum atomic E-state index is -0.470. The van der Waals surface area contributed by atoms with Gasteiger partial charge in [-0.05, 0) is 12.8 Å². The number of aliphatic hydroxyl groups excluding tert-OH is 1. The molecule has 1 saturated carbocycles. The fourth-order valence-electron chi connectivity index (χ4n) is 1.79. The van der Waals surface area contributed by atoms with Crippen LogP contribution in [0.4, 0.5) is 0 Å². The lowest BCUT2D eigenvalue weighted by atomic mass is 9.92. The molecule has 1 aliphatic rings. The highest BCUT2D eigenvalue weighted by molar-refractivity contribution is 5.85. The average molecular weight is 229 g/mol. The Kier molecular flexibility index (Phi) is 5.21. The number of carbonyl (C=O) groups excluding carboxylic acids is 2. The quantitative estimate of drug-likeness (QED) is 0.470. The molecule has 0 spiro atoms. The highest BCUT2D eigenvalue weighted by atomic mass is 16.3. The van der Waals surface area contributed by atoms with Gasteiger partial charge in [0.2, 0.25) is 11.8 Å². The average Bonchev–Trinajstić information content (AvgIpc) is 2.29. The monoisotopic (exact) mass is 229 g/mol. The summed E-state index contributed by atoms with van der Waals surface area (Å²) in [5.41, 5.74) is 5.08. The smallest absolute Gasteiger partial charge is 0.239 e. The van der Waals surface area contributed by atoms with Gasteiger partial charge in [-0.2, -0.15) is 0 Å². The van der Waals surface area contributed by atoms with E-state index >= 15 is 0 Å². The fraction of sp³-hybridized carbons (Fsp3) is 0.800. The van der Waals surface area contributed by atoms with Crippen molar-refractivity contribution in [1.29, 1.82) is 0 Å². The van der Waals surface area contributed by atoms with E-state index in [1.807, 2.05) is 0 Å². The first-order valence-corrected chi connectivity index (χ1v) is 5.57. The second kappa shape index (κ2) is 6.44. The van der Waals surface area contributed by atoms with Crippen LogP contribution in [-0.4, -0.2) is 42.2 Å². The van der Waals surface area contributed by atoms with Crippen LogP contribution >= 0.6 is 0 Å². The zero-order chi connectivity index (χ0) is 12.0. The zero-order valence-electron chi connectivity index (χ0n) is 9.24. The number of rotatable bonds is 4. The summed E-state index contributed by atoms with van der Waals surface area (Å²) in [6.45, 7) is -0.210. The summed E-state index contributed by atoms with van der Waals surface area (Å²) < 4.78 is 0. The van der Waals surface area contributed by atoms with E-state index in [2.05, 4.69) is 10.6 Å². The van der Waals surface area contributed by atoms with E-state index in [1.54, 1.807) is 0 Å². The Bertz CT molecular complexity index is 258. The Morgan fingerprint density at radius 3 is 2.56 bits per heavy atom. The van der Waals surface area contributed by atoms with Crippen LogP contribution in [0.1, 0.15) is 25.7 Å². The van der Waals surface area contributed by atoms with E-state index in [0.717, 1.165) is 25.7 Å². The first-order chi connectivity index (χ1) is 7.63. The number of nitrogens with two attached hydrogens (primary N) is 1. The Labute approximate surface area is 94.6 Å². The van der Waals surface area contributed by atoms with Crippen LogP contribution in [-0.2, 0) is 9.59 Å². The topological polar surface area (TPSA) is 104 Å². The second-order valence-corrected chi connectivity index (χ2v) is 4.01. The summed E-state index contributed by atoms with van der Waals surface area (Å²) in [5, 5.41) is 14.7. The molecule has 0 saturated heterocycles. The molecule has 2 amide bonds. The molecule has 0 aromatic carbocycles. The van der Waals surface area contributed by atoms with Gasteiger partial charge in [-0.15, -0.1) is 0 Å². The summed E-state index contributed by atoms with van der Waals surface area (Å²) in [6, 6.07) is -0.184. The molecule has 0 aliphatic heterocycles. The van der Waals surface area contributed by atoms with Crippen molar-refractivity contribution in [2.45, 2.75) is 37.8 Å². The standard InChI is InChI=1S/C10H19N3O3/c11-5-9(15)12-6-10(16)13-7-3-1-2-4-8(7)14/h7-8,14H,1-6,11H2,(H,12,15)(H,13,16)/t7-,8-/m1/s1. The number of amides is 2. The van der Waals surface area contributed by atoms with Gasteiger partial charge in [0, 0.05) is 0 Å². The van der Waals surface area contributed by atoms with Crippen molar-refractivity contribution in [3.05, 3.63) is 0 Å². The lowest BCUT2D eigenvalue weighted by Crippen LogP contribution is -2.48. The predicted molar refractivity (Wildman–Crippen MR) is 58.5 cm³/mol. The van der Waals surface area contributed by atoms with Gasteiger partial charge in [-0.3, -0.25) is 9.59 Å². The number of carbonyl (C=O) groups is 2. The first-order valence-electron chi connectivity index (χ1n) is 5.57. The molecule has 5 N–H and O–H groups in total. The molecule has 0 bridgehead atoms. The van der Waals surface area contributed by atoms with Gasteiger partial charge in [0.15, 0.2) is 0 Å². The lowest BCUT2D eigenvalue weighted by Gasteiger charge is -2.28. The Morgan fingerprint density at radius 2 is 1.94 bits per heavy atom. The third-order valence-electron chi connectivity index (χ3n) is 2.71. The Balaban J connectivity index is 2.24. The maximum atomic E-state index is 11.4. The highest BCUT2D eigenvalue weighted by Gasteiger charge is 2.24. The summed E-state index contributed by atoms with van der Waals surface area (Å²) in [4.78, 5) is 22.2. The van der Waals surface area contributed by atoms with Gasteiger partial charge in [-0.25, -0.2) is 0 Å². The molecule has 92 valence electrons.